The van der Waals surface area contributed by atoms with Crippen LogP contribution in [0.25, 0.3) is 41.7 Å². The highest BCUT2D eigenvalue weighted by Gasteiger charge is 2.28. The number of aromatic amines is 2. The Kier molecular flexibility index (Phi) is 19.5. The molecule has 59 heavy (non-hydrogen) atoms. The Balaban J connectivity index is 0.000000193. The second-order valence-corrected chi connectivity index (χ2v) is 15.9. The third-order valence-electron chi connectivity index (χ3n) is 8.98. The predicted molar refractivity (Wildman–Crippen MR) is 238 cm³/mol. The number of amides is 3. The Morgan fingerprint density at radius 1 is 0.797 bits per heavy atom. The van der Waals surface area contributed by atoms with Crippen molar-refractivity contribution in [3.05, 3.63) is 97.3 Å². The standard InChI is InChI=1S/C18H12N4S2.C14H18N2O2.C7H14N2O.C3H8.C2H4O2/c1-3-12(4-2-11(1)13-7-19-9-21-13)15-5-17-18(23-15)6-16(24-17)14-8-20-10-22-14;1-11(17)15-13(12-7-3-2-4-8-12)14(18)16-9-5-6-10-16;1-8-6-7(10)9-4-2-3-5-9;1-3-2;1-4-2-3/h1-10H,(H,19,21)(H,20,22);2-4,7-8,13H,5-6,9-10H2,1H3,(H,15,17);8H,2-6H2,1H3;3H2,1-2H3;2H,1H3. The molecule has 0 aliphatic carbocycles. The van der Waals surface area contributed by atoms with Crippen LogP contribution in [0, 0.1) is 0 Å². The molecule has 2 fully saturated rings. The van der Waals surface area contributed by atoms with Crippen molar-refractivity contribution in [1.82, 2.24) is 40.4 Å². The fourth-order valence-corrected chi connectivity index (χ4v) is 8.59. The number of imidazole rings is 2. The summed E-state index contributed by atoms with van der Waals surface area (Å²) in [5, 5.41) is 5.60. The lowest BCUT2D eigenvalue weighted by atomic mass is 10.1. The van der Waals surface area contributed by atoms with Gasteiger partial charge >= 0.3 is 0 Å². The monoisotopic (exact) mass is 840 g/mol. The third-order valence-corrected chi connectivity index (χ3v) is 11.4. The zero-order valence-electron chi connectivity index (χ0n) is 34.5. The first-order valence-electron chi connectivity index (χ1n) is 19.8. The van der Waals surface area contributed by atoms with Crippen molar-refractivity contribution >= 4 is 56.3 Å². The molecule has 2 aliphatic rings. The van der Waals surface area contributed by atoms with Gasteiger partial charge in [0.2, 0.25) is 17.7 Å². The summed E-state index contributed by atoms with van der Waals surface area (Å²) in [5.41, 5.74) is 5.35. The Morgan fingerprint density at radius 3 is 1.81 bits per heavy atom. The van der Waals surface area contributed by atoms with Gasteiger partial charge in [-0.15, -0.1) is 22.7 Å². The van der Waals surface area contributed by atoms with Crippen LogP contribution in [0.1, 0.15) is 64.5 Å². The molecule has 4 N–H and O–H groups in total. The van der Waals surface area contributed by atoms with Crippen LogP contribution in [-0.2, 0) is 23.9 Å². The van der Waals surface area contributed by atoms with Gasteiger partial charge in [-0.2, -0.15) is 0 Å². The quantitative estimate of drug-likeness (QED) is 0.107. The first-order valence-corrected chi connectivity index (χ1v) is 21.5. The Morgan fingerprint density at radius 2 is 1.31 bits per heavy atom. The second kappa shape index (κ2) is 25.0. The first-order chi connectivity index (χ1) is 28.7. The number of methoxy groups -OCH3 is 1. The topological polar surface area (TPSA) is 165 Å². The first kappa shape index (κ1) is 46.1. The van der Waals surface area contributed by atoms with Gasteiger partial charge in [-0.1, -0.05) is 74.9 Å². The lowest BCUT2D eigenvalue weighted by molar-refractivity contribution is -0.135. The molecular weight excluding hydrogens is 785 g/mol. The number of carbonyl (C=O) groups excluding carboxylic acids is 4. The van der Waals surface area contributed by atoms with Crippen LogP contribution >= 0.6 is 22.7 Å². The summed E-state index contributed by atoms with van der Waals surface area (Å²) >= 11 is 3.63. The van der Waals surface area contributed by atoms with Crippen LogP contribution < -0.4 is 10.6 Å². The van der Waals surface area contributed by atoms with Crippen molar-refractivity contribution < 1.29 is 23.9 Å². The summed E-state index contributed by atoms with van der Waals surface area (Å²) in [6, 6.07) is 21.9. The minimum Gasteiger partial charge on any atom is -0.471 e. The largest absolute Gasteiger partial charge is 0.471 e. The van der Waals surface area contributed by atoms with Crippen LogP contribution in [-0.4, -0.2) is 101 Å². The number of aromatic nitrogens is 4. The number of hydrogen-bond acceptors (Lipinski definition) is 10. The average Bonchev–Trinajstić information content (AvgIpc) is 4.10. The van der Waals surface area contributed by atoms with E-state index in [1.54, 1.807) is 31.0 Å². The lowest BCUT2D eigenvalue weighted by Gasteiger charge is -2.23. The molecule has 13 nitrogen and oxygen atoms in total. The van der Waals surface area contributed by atoms with Crippen LogP contribution in [0.2, 0.25) is 0 Å². The molecule has 1 atom stereocenters. The number of likely N-dealkylation sites (N-methyl/N-ethyl adjacent to an activating group) is 1. The number of likely N-dealkylation sites (tertiary alicyclic amines) is 2. The van der Waals surface area contributed by atoms with Crippen LogP contribution in [0.4, 0.5) is 0 Å². The van der Waals surface area contributed by atoms with Gasteiger partial charge in [0.1, 0.15) is 6.04 Å². The number of thiophene rings is 2. The number of H-pyrrole nitrogens is 2. The number of hydrogen-bond donors (Lipinski definition) is 4. The van der Waals surface area contributed by atoms with Crippen LogP contribution in [0.5, 0.6) is 0 Å². The van der Waals surface area contributed by atoms with Gasteiger partial charge < -0.3 is 35.1 Å². The van der Waals surface area contributed by atoms with E-state index in [-0.39, 0.29) is 17.7 Å². The molecule has 0 bridgehead atoms. The molecular formula is C44H56N8O5S2. The summed E-state index contributed by atoms with van der Waals surface area (Å²) in [5.74, 6) is 0.0466. The molecule has 6 heterocycles. The Labute approximate surface area is 354 Å². The number of fused-ring (bicyclic) bond motifs is 1. The highest BCUT2D eigenvalue weighted by Crippen LogP contribution is 2.41. The van der Waals surface area contributed by atoms with E-state index in [1.807, 2.05) is 63.9 Å². The highest BCUT2D eigenvalue weighted by atomic mass is 32.1. The molecule has 6 aromatic rings. The molecule has 15 heteroatoms. The van der Waals surface area contributed by atoms with Crippen LogP contribution in [0.15, 0.2) is 91.8 Å². The fourth-order valence-electron chi connectivity index (χ4n) is 6.22. The van der Waals surface area contributed by atoms with Crippen molar-refractivity contribution in [3.63, 3.8) is 0 Å². The maximum atomic E-state index is 12.4. The molecule has 314 valence electrons. The average molecular weight is 841 g/mol. The number of carbonyl (C=O) groups is 4. The zero-order valence-corrected chi connectivity index (χ0v) is 36.2. The van der Waals surface area contributed by atoms with E-state index >= 15 is 0 Å². The van der Waals surface area contributed by atoms with Crippen LogP contribution in [0.3, 0.4) is 0 Å². The summed E-state index contributed by atoms with van der Waals surface area (Å²) in [6.45, 7) is 10.1. The third kappa shape index (κ3) is 14.3. The fraction of sp³-hybridized carbons (Fsp3) is 0.364. The predicted octanol–water partition coefficient (Wildman–Crippen LogP) is 7.93. The maximum absolute atomic E-state index is 12.4. The van der Waals surface area contributed by atoms with Gasteiger partial charge in [0.25, 0.3) is 6.47 Å². The number of ether oxygens (including phenoxy) is 1. The molecule has 1 unspecified atom stereocenters. The Bertz CT molecular complexity index is 2070. The SMILES string of the molecule is CC(=O)NC(C(=O)N1CCCC1)c1ccccc1.CCC.CNCC(=O)N1CCCC1.COC=O.c1ncc(-c2ccc(-c3cc4sc(-c5cnc[nH]5)cc4s3)cc2)[nH]1. The number of nitrogens with zero attached hydrogens (tertiary/aromatic N) is 4. The van der Waals surface area contributed by atoms with Gasteiger partial charge in [0.15, 0.2) is 0 Å². The van der Waals surface area contributed by atoms with Crippen molar-refractivity contribution in [2.24, 2.45) is 0 Å². The van der Waals surface area contributed by atoms with E-state index in [0.717, 1.165) is 61.5 Å². The van der Waals surface area contributed by atoms with E-state index in [1.165, 1.54) is 58.0 Å². The molecule has 4 aromatic heterocycles. The number of rotatable bonds is 9. The molecule has 2 aliphatic heterocycles. The molecule has 8 rings (SSSR count). The van der Waals surface area contributed by atoms with Gasteiger partial charge in [-0.3, -0.25) is 19.2 Å². The minimum absolute atomic E-state index is 0.00565. The number of benzene rings is 2. The molecule has 0 saturated carbocycles. The summed E-state index contributed by atoms with van der Waals surface area (Å²) in [4.78, 5) is 64.5. The molecule has 0 radical (unpaired) electrons. The van der Waals surface area contributed by atoms with Crippen molar-refractivity contribution in [2.75, 3.05) is 46.9 Å². The summed E-state index contributed by atoms with van der Waals surface area (Å²) in [7, 11) is 3.11. The van der Waals surface area contributed by atoms with Gasteiger partial charge in [-0.05, 0) is 61.6 Å². The number of nitrogens with one attached hydrogen (secondary N) is 4. The van der Waals surface area contributed by atoms with Crippen molar-refractivity contribution in [1.29, 1.82) is 0 Å². The lowest BCUT2D eigenvalue weighted by Crippen LogP contribution is -2.41. The summed E-state index contributed by atoms with van der Waals surface area (Å²) < 4.78 is 6.49. The minimum atomic E-state index is -0.554. The molecule has 2 saturated heterocycles. The van der Waals surface area contributed by atoms with Gasteiger partial charge in [-0.25, -0.2) is 9.97 Å². The van der Waals surface area contributed by atoms with E-state index in [4.69, 9.17) is 4.79 Å². The van der Waals surface area contributed by atoms with Gasteiger partial charge in [0.05, 0.1) is 55.0 Å². The highest BCUT2D eigenvalue weighted by molar-refractivity contribution is 7.31. The smallest absolute Gasteiger partial charge is 0.292 e. The van der Waals surface area contributed by atoms with E-state index in [0.29, 0.717) is 13.0 Å². The van der Waals surface area contributed by atoms with E-state index in [9.17, 15) is 14.4 Å². The molecule has 3 amide bonds. The second-order valence-electron chi connectivity index (χ2n) is 13.7. The molecule has 2 aromatic carbocycles. The Hall–Kier alpha value is -5.64. The summed E-state index contributed by atoms with van der Waals surface area (Å²) in [6.07, 6.45) is 12.8. The van der Waals surface area contributed by atoms with E-state index in [2.05, 4.69) is 85.6 Å². The van der Waals surface area contributed by atoms with Gasteiger partial charge in [0, 0.05) is 47.4 Å². The van der Waals surface area contributed by atoms with Crippen molar-refractivity contribution in [2.45, 2.75) is 58.9 Å². The normalized spacial score (nSPS) is 13.3. The van der Waals surface area contributed by atoms with Crippen molar-refractivity contribution in [3.8, 4) is 32.3 Å². The molecule has 0 spiro atoms. The zero-order chi connectivity index (χ0) is 42.4. The van der Waals surface area contributed by atoms with E-state index < -0.39 is 6.04 Å². The maximum Gasteiger partial charge on any atom is 0.292 e.